The van der Waals surface area contributed by atoms with E-state index in [4.69, 9.17) is 0 Å². The maximum Gasteiger partial charge on any atom is 0.269 e. The van der Waals surface area contributed by atoms with Crippen molar-refractivity contribution in [3.63, 3.8) is 0 Å². The van der Waals surface area contributed by atoms with Gasteiger partial charge in [-0.3, -0.25) is 10.1 Å². The summed E-state index contributed by atoms with van der Waals surface area (Å²) in [5, 5.41) is 10.8. The molecule has 0 aliphatic carbocycles. The number of non-ortho nitro benzene ring substituents is 1. The molecule has 0 radical (unpaired) electrons. The number of rotatable bonds is 4. The van der Waals surface area contributed by atoms with E-state index in [1.165, 1.54) is 12.1 Å². The molecule has 0 N–H and O–H groups in total. The lowest BCUT2D eigenvalue weighted by molar-refractivity contribution is -0.384. The smallest absolute Gasteiger partial charge is 0.269 e. The quantitative estimate of drug-likeness (QED) is 0.543. The number of benzene rings is 2. The van der Waals surface area contributed by atoms with Gasteiger partial charge >= 0.3 is 0 Å². The van der Waals surface area contributed by atoms with Crippen LogP contribution < -0.4 is 0 Å². The van der Waals surface area contributed by atoms with E-state index in [1.54, 1.807) is 24.7 Å². The molecule has 5 nitrogen and oxygen atoms in total. The molecule has 21 heavy (non-hydrogen) atoms. The van der Waals surface area contributed by atoms with Gasteiger partial charge in [-0.15, -0.1) is 0 Å². The van der Waals surface area contributed by atoms with Gasteiger partial charge in [-0.25, -0.2) is 4.98 Å². The van der Waals surface area contributed by atoms with Crippen LogP contribution in [-0.2, 0) is 0 Å². The molecule has 104 valence electrons. The van der Waals surface area contributed by atoms with E-state index < -0.39 is 4.92 Å². The molecule has 5 heteroatoms. The van der Waals surface area contributed by atoms with Crippen LogP contribution >= 0.6 is 0 Å². The van der Waals surface area contributed by atoms with Crippen molar-refractivity contribution in [3.8, 4) is 0 Å². The number of imidazole rings is 1. The van der Waals surface area contributed by atoms with Crippen LogP contribution in [0.25, 0.3) is 0 Å². The number of hydrogen-bond donors (Lipinski definition) is 0. The zero-order chi connectivity index (χ0) is 14.7. The summed E-state index contributed by atoms with van der Waals surface area (Å²) in [7, 11) is 0. The first-order valence-corrected chi connectivity index (χ1v) is 6.52. The number of nitro benzene ring substituents is 1. The molecule has 0 fully saturated rings. The maximum atomic E-state index is 10.8. The molecule has 3 rings (SSSR count). The van der Waals surface area contributed by atoms with Crippen LogP contribution in [0.2, 0.25) is 0 Å². The Morgan fingerprint density at radius 1 is 1.00 bits per heavy atom. The lowest BCUT2D eigenvalue weighted by atomic mass is 9.98. The second-order valence-corrected chi connectivity index (χ2v) is 4.67. The molecule has 0 saturated carbocycles. The molecule has 0 aliphatic rings. The highest BCUT2D eigenvalue weighted by Crippen LogP contribution is 2.27. The average molecular weight is 279 g/mol. The van der Waals surface area contributed by atoms with E-state index in [0.717, 1.165) is 11.1 Å². The van der Waals surface area contributed by atoms with Crippen molar-refractivity contribution in [2.24, 2.45) is 0 Å². The van der Waals surface area contributed by atoms with E-state index in [9.17, 15) is 10.1 Å². The molecular weight excluding hydrogens is 266 g/mol. The third-order valence-electron chi connectivity index (χ3n) is 3.36. The van der Waals surface area contributed by atoms with Gasteiger partial charge in [-0.2, -0.15) is 0 Å². The Hall–Kier alpha value is -2.95. The molecule has 0 unspecified atom stereocenters. The third kappa shape index (κ3) is 2.67. The molecule has 1 heterocycles. The van der Waals surface area contributed by atoms with E-state index in [2.05, 4.69) is 4.98 Å². The highest BCUT2D eigenvalue weighted by Gasteiger charge is 2.16. The minimum atomic E-state index is -0.390. The molecule has 1 atom stereocenters. The summed E-state index contributed by atoms with van der Waals surface area (Å²) in [6.45, 7) is 0. The summed E-state index contributed by atoms with van der Waals surface area (Å²) in [6, 6.07) is 16.6. The zero-order valence-corrected chi connectivity index (χ0v) is 11.2. The van der Waals surface area contributed by atoms with Gasteiger partial charge in [0.15, 0.2) is 0 Å². The van der Waals surface area contributed by atoms with Crippen molar-refractivity contribution in [2.75, 3.05) is 0 Å². The van der Waals surface area contributed by atoms with Crippen LogP contribution in [0.1, 0.15) is 17.2 Å². The van der Waals surface area contributed by atoms with Crippen LogP contribution in [0.5, 0.6) is 0 Å². The Morgan fingerprint density at radius 3 is 2.24 bits per heavy atom. The summed E-state index contributed by atoms with van der Waals surface area (Å²) in [4.78, 5) is 14.5. The van der Waals surface area contributed by atoms with Gasteiger partial charge in [0, 0.05) is 24.5 Å². The van der Waals surface area contributed by atoms with Gasteiger partial charge in [-0.05, 0) is 23.3 Å². The molecule has 2 aromatic carbocycles. The normalized spacial score (nSPS) is 12.0. The second kappa shape index (κ2) is 5.58. The second-order valence-electron chi connectivity index (χ2n) is 4.67. The van der Waals surface area contributed by atoms with Gasteiger partial charge in [0.05, 0.1) is 17.3 Å². The third-order valence-corrected chi connectivity index (χ3v) is 3.36. The Morgan fingerprint density at radius 2 is 1.67 bits per heavy atom. The minimum Gasteiger partial charge on any atom is -0.326 e. The largest absolute Gasteiger partial charge is 0.326 e. The van der Waals surface area contributed by atoms with E-state index in [1.807, 2.05) is 41.1 Å². The van der Waals surface area contributed by atoms with Gasteiger partial charge in [0.2, 0.25) is 0 Å². The van der Waals surface area contributed by atoms with Crippen molar-refractivity contribution in [1.82, 2.24) is 9.55 Å². The Balaban J connectivity index is 2.06. The summed E-state index contributed by atoms with van der Waals surface area (Å²) in [5.74, 6) is 0. The lowest BCUT2D eigenvalue weighted by Crippen LogP contribution is -2.10. The molecule has 3 aromatic rings. The molecule has 1 aromatic heterocycles. The van der Waals surface area contributed by atoms with Crippen molar-refractivity contribution in [2.45, 2.75) is 6.04 Å². The molecule has 0 aliphatic heterocycles. The predicted molar refractivity (Wildman–Crippen MR) is 79.0 cm³/mol. The standard InChI is InChI=1S/C16H13N3O2/c20-19(21)15-8-6-14(7-9-15)16(18-11-10-17-12-18)13-4-2-1-3-5-13/h1-12,16H/t16-/m1/s1. The molecular formula is C16H13N3O2. The maximum absolute atomic E-state index is 10.8. The SMILES string of the molecule is O=[N+]([O-])c1ccc([C@@H](c2ccccc2)n2ccnc2)cc1. The molecule has 0 saturated heterocycles. The van der Waals surface area contributed by atoms with Crippen molar-refractivity contribution < 1.29 is 4.92 Å². The molecule has 0 bridgehead atoms. The Labute approximate surface area is 121 Å². The lowest BCUT2D eigenvalue weighted by Gasteiger charge is -2.19. The fraction of sp³-hybridized carbons (Fsp3) is 0.0625. The first-order chi connectivity index (χ1) is 10.3. The first kappa shape index (κ1) is 13.1. The fourth-order valence-corrected chi connectivity index (χ4v) is 2.37. The monoisotopic (exact) mass is 279 g/mol. The summed E-state index contributed by atoms with van der Waals surface area (Å²) in [6.07, 6.45) is 5.36. The minimum absolute atomic E-state index is 0.0468. The first-order valence-electron chi connectivity index (χ1n) is 6.52. The van der Waals surface area contributed by atoms with Crippen LogP contribution in [0, 0.1) is 10.1 Å². The van der Waals surface area contributed by atoms with Crippen molar-refractivity contribution in [1.29, 1.82) is 0 Å². The molecule has 0 amide bonds. The van der Waals surface area contributed by atoms with E-state index in [0.29, 0.717) is 0 Å². The average Bonchev–Trinajstić information content (AvgIpc) is 3.03. The van der Waals surface area contributed by atoms with Gasteiger partial charge < -0.3 is 4.57 Å². The topological polar surface area (TPSA) is 61.0 Å². The summed E-state index contributed by atoms with van der Waals surface area (Å²) < 4.78 is 1.98. The van der Waals surface area contributed by atoms with E-state index >= 15 is 0 Å². The zero-order valence-electron chi connectivity index (χ0n) is 11.2. The van der Waals surface area contributed by atoms with Crippen LogP contribution in [0.15, 0.2) is 73.3 Å². The highest BCUT2D eigenvalue weighted by molar-refractivity contribution is 5.38. The van der Waals surface area contributed by atoms with Crippen molar-refractivity contribution in [3.05, 3.63) is 94.6 Å². The summed E-state index contributed by atoms with van der Waals surface area (Å²) >= 11 is 0. The van der Waals surface area contributed by atoms with Crippen LogP contribution in [0.4, 0.5) is 5.69 Å². The van der Waals surface area contributed by atoms with Gasteiger partial charge in [0.1, 0.15) is 0 Å². The van der Waals surface area contributed by atoms with Gasteiger partial charge in [0.25, 0.3) is 5.69 Å². The van der Waals surface area contributed by atoms with E-state index in [-0.39, 0.29) is 11.7 Å². The number of nitrogens with zero attached hydrogens (tertiary/aromatic N) is 3. The Bertz CT molecular complexity index is 722. The van der Waals surface area contributed by atoms with Gasteiger partial charge in [-0.1, -0.05) is 30.3 Å². The van der Waals surface area contributed by atoms with Crippen molar-refractivity contribution >= 4 is 5.69 Å². The van der Waals surface area contributed by atoms with Crippen LogP contribution in [-0.4, -0.2) is 14.5 Å². The predicted octanol–water partition coefficient (Wildman–Crippen LogP) is 3.43. The summed E-state index contributed by atoms with van der Waals surface area (Å²) in [5.41, 5.74) is 2.17. The number of hydrogen-bond acceptors (Lipinski definition) is 3. The highest BCUT2D eigenvalue weighted by atomic mass is 16.6. The Kier molecular flexibility index (Phi) is 3.47. The number of aromatic nitrogens is 2. The molecule has 0 spiro atoms. The number of nitro groups is 1. The van der Waals surface area contributed by atoms with Crippen LogP contribution in [0.3, 0.4) is 0 Å². The fourth-order valence-electron chi connectivity index (χ4n) is 2.37.